The average Bonchev–Trinajstić information content (AvgIpc) is 2.96. The third-order valence-electron chi connectivity index (χ3n) is 4.08. The Bertz CT molecular complexity index is 946. The Labute approximate surface area is 145 Å². The van der Waals surface area contributed by atoms with Crippen molar-refractivity contribution in [3.8, 4) is 0 Å². The van der Waals surface area contributed by atoms with Crippen LogP contribution in [-0.4, -0.2) is 28.8 Å². The molecule has 128 valence electrons. The van der Waals surface area contributed by atoms with E-state index < -0.39 is 12.0 Å². The zero-order valence-electron chi connectivity index (χ0n) is 14.3. The number of carbonyl (C=O) groups excluding carboxylic acids is 2. The Hall–Kier alpha value is -3.15. The lowest BCUT2D eigenvalue weighted by molar-refractivity contribution is -0.143. The summed E-state index contributed by atoms with van der Waals surface area (Å²) in [5.41, 5.74) is 1.69. The molecule has 25 heavy (non-hydrogen) atoms. The van der Waals surface area contributed by atoms with Crippen molar-refractivity contribution in [3.05, 3.63) is 65.5 Å². The summed E-state index contributed by atoms with van der Waals surface area (Å²) in [6, 6.07) is 12.6. The van der Waals surface area contributed by atoms with Crippen LogP contribution in [0.4, 0.5) is 0 Å². The zero-order chi connectivity index (χ0) is 18.0. The highest BCUT2D eigenvalue weighted by Gasteiger charge is 2.25. The van der Waals surface area contributed by atoms with Crippen LogP contribution >= 0.6 is 0 Å². The highest BCUT2D eigenvalue weighted by Crippen LogP contribution is 2.22. The molecule has 3 aromatic rings. The maximum atomic E-state index is 12.6. The molecule has 1 atom stereocenters. The molecular weight excluding hydrogens is 318 g/mol. The van der Waals surface area contributed by atoms with Crippen LogP contribution in [0, 0.1) is 6.92 Å². The molecule has 1 heterocycles. The normalized spacial score (nSPS) is 12.0. The third kappa shape index (κ3) is 3.38. The Kier molecular flexibility index (Phi) is 4.52. The second-order valence-corrected chi connectivity index (χ2v) is 5.84. The number of aromatic nitrogens is 2. The van der Waals surface area contributed by atoms with Crippen LogP contribution in [0.5, 0.6) is 0 Å². The third-order valence-corrected chi connectivity index (χ3v) is 4.08. The van der Waals surface area contributed by atoms with E-state index in [-0.39, 0.29) is 5.91 Å². The van der Waals surface area contributed by atoms with Gasteiger partial charge in [-0.25, -0.2) is 4.79 Å². The van der Waals surface area contributed by atoms with E-state index in [0.29, 0.717) is 16.8 Å². The van der Waals surface area contributed by atoms with Gasteiger partial charge in [-0.15, -0.1) is 0 Å². The number of esters is 1. The summed E-state index contributed by atoms with van der Waals surface area (Å²) in [5, 5.41) is 8.96. The van der Waals surface area contributed by atoms with Crippen molar-refractivity contribution in [2.75, 3.05) is 7.11 Å². The number of hydrogen-bond donors (Lipinski definition) is 1. The van der Waals surface area contributed by atoms with E-state index in [4.69, 9.17) is 4.74 Å². The van der Waals surface area contributed by atoms with E-state index in [1.807, 2.05) is 42.5 Å². The Morgan fingerprint density at radius 1 is 1.16 bits per heavy atom. The summed E-state index contributed by atoms with van der Waals surface area (Å²) >= 11 is 0. The molecule has 0 radical (unpaired) electrons. The largest absolute Gasteiger partial charge is 0.467 e. The molecule has 1 amide bonds. The molecule has 1 aromatic heterocycles. The fourth-order valence-electron chi connectivity index (χ4n) is 2.81. The number of amides is 1. The Morgan fingerprint density at radius 3 is 2.52 bits per heavy atom. The van der Waals surface area contributed by atoms with Crippen molar-refractivity contribution in [2.45, 2.75) is 13.0 Å². The number of hydrogen-bond acceptors (Lipinski definition) is 4. The minimum atomic E-state index is -0.887. The summed E-state index contributed by atoms with van der Waals surface area (Å²) in [6.07, 6.45) is 1.62. The predicted molar refractivity (Wildman–Crippen MR) is 94.1 cm³/mol. The van der Waals surface area contributed by atoms with Crippen LogP contribution in [0.25, 0.3) is 10.8 Å². The minimum Gasteiger partial charge on any atom is -0.467 e. The molecule has 0 fully saturated rings. The molecule has 6 nitrogen and oxygen atoms in total. The monoisotopic (exact) mass is 337 g/mol. The second kappa shape index (κ2) is 6.76. The Balaban J connectivity index is 1.95. The summed E-state index contributed by atoms with van der Waals surface area (Å²) in [6.45, 7) is 1.75. The highest BCUT2D eigenvalue weighted by atomic mass is 16.5. The molecule has 0 saturated carbocycles. The zero-order valence-corrected chi connectivity index (χ0v) is 14.3. The second-order valence-electron chi connectivity index (χ2n) is 5.84. The standard InChI is InChI=1S/C19H19N3O3/c1-12-16(11-22(2)21-12)18(23)20-17(19(24)25-3)15-9-8-13-6-4-5-7-14(13)10-15/h4-11,17H,1-3H3,(H,20,23). The maximum absolute atomic E-state index is 12.6. The number of carbonyl (C=O) groups is 2. The van der Waals surface area contributed by atoms with Crippen LogP contribution < -0.4 is 5.32 Å². The van der Waals surface area contributed by atoms with Crippen LogP contribution in [0.3, 0.4) is 0 Å². The van der Waals surface area contributed by atoms with Crippen molar-refractivity contribution in [1.29, 1.82) is 0 Å². The van der Waals surface area contributed by atoms with Crippen molar-refractivity contribution in [1.82, 2.24) is 15.1 Å². The van der Waals surface area contributed by atoms with E-state index in [1.165, 1.54) is 7.11 Å². The Morgan fingerprint density at radius 2 is 1.88 bits per heavy atom. The van der Waals surface area contributed by atoms with Crippen LogP contribution in [0.15, 0.2) is 48.7 Å². The van der Waals surface area contributed by atoms with Crippen LogP contribution in [0.1, 0.15) is 27.7 Å². The first kappa shape index (κ1) is 16.7. The van der Waals surface area contributed by atoms with Gasteiger partial charge in [0.1, 0.15) is 0 Å². The lowest BCUT2D eigenvalue weighted by Gasteiger charge is -2.17. The number of nitrogens with zero attached hydrogens (tertiary/aromatic N) is 2. The van der Waals surface area contributed by atoms with E-state index in [1.54, 1.807) is 24.9 Å². The van der Waals surface area contributed by atoms with Gasteiger partial charge in [-0.1, -0.05) is 36.4 Å². The topological polar surface area (TPSA) is 73.2 Å². The number of aryl methyl sites for hydroxylation is 2. The number of nitrogens with one attached hydrogen (secondary N) is 1. The molecule has 0 aliphatic carbocycles. The van der Waals surface area contributed by atoms with Gasteiger partial charge < -0.3 is 10.1 Å². The molecular formula is C19H19N3O3. The molecule has 6 heteroatoms. The molecule has 3 rings (SSSR count). The van der Waals surface area contributed by atoms with Gasteiger partial charge in [-0.2, -0.15) is 5.10 Å². The molecule has 2 aromatic carbocycles. The van der Waals surface area contributed by atoms with Gasteiger partial charge in [-0.3, -0.25) is 9.48 Å². The number of benzene rings is 2. The number of fused-ring (bicyclic) bond motifs is 1. The summed E-state index contributed by atoms with van der Waals surface area (Å²) in [7, 11) is 3.04. The summed E-state index contributed by atoms with van der Waals surface area (Å²) in [5.74, 6) is -0.890. The van der Waals surface area contributed by atoms with Gasteiger partial charge in [0.05, 0.1) is 18.4 Å². The smallest absolute Gasteiger partial charge is 0.333 e. The fraction of sp³-hybridized carbons (Fsp3) is 0.211. The molecule has 0 saturated heterocycles. The van der Waals surface area contributed by atoms with Crippen molar-refractivity contribution < 1.29 is 14.3 Å². The van der Waals surface area contributed by atoms with Gasteiger partial charge in [-0.05, 0) is 29.3 Å². The fourth-order valence-corrected chi connectivity index (χ4v) is 2.81. The number of ether oxygens (including phenoxy) is 1. The molecule has 0 aliphatic heterocycles. The molecule has 1 unspecified atom stereocenters. The van der Waals surface area contributed by atoms with Crippen LogP contribution in [0.2, 0.25) is 0 Å². The molecule has 0 aliphatic rings. The van der Waals surface area contributed by atoms with Gasteiger partial charge >= 0.3 is 5.97 Å². The van der Waals surface area contributed by atoms with Crippen molar-refractivity contribution in [2.24, 2.45) is 7.05 Å². The predicted octanol–water partition coefficient (Wildman–Crippen LogP) is 2.53. The van der Waals surface area contributed by atoms with Gasteiger partial charge in [0, 0.05) is 13.2 Å². The summed E-state index contributed by atoms with van der Waals surface area (Å²) in [4.78, 5) is 24.8. The molecule has 0 bridgehead atoms. The highest BCUT2D eigenvalue weighted by molar-refractivity contribution is 5.98. The van der Waals surface area contributed by atoms with E-state index >= 15 is 0 Å². The van der Waals surface area contributed by atoms with Gasteiger partial charge in [0.2, 0.25) is 0 Å². The molecule has 0 spiro atoms. The molecule has 1 N–H and O–H groups in total. The quantitative estimate of drug-likeness (QED) is 0.743. The van der Waals surface area contributed by atoms with Crippen LogP contribution in [-0.2, 0) is 16.6 Å². The lowest BCUT2D eigenvalue weighted by Crippen LogP contribution is -2.34. The van der Waals surface area contributed by atoms with E-state index in [9.17, 15) is 9.59 Å². The van der Waals surface area contributed by atoms with Gasteiger partial charge in [0.15, 0.2) is 6.04 Å². The first-order chi connectivity index (χ1) is 12.0. The maximum Gasteiger partial charge on any atom is 0.333 e. The van der Waals surface area contributed by atoms with Crippen molar-refractivity contribution in [3.63, 3.8) is 0 Å². The van der Waals surface area contributed by atoms with E-state index in [0.717, 1.165) is 10.8 Å². The summed E-state index contributed by atoms with van der Waals surface area (Å²) < 4.78 is 6.44. The first-order valence-corrected chi connectivity index (χ1v) is 7.87. The minimum absolute atomic E-state index is 0.367. The number of methoxy groups -OCH3 is 1. The average molecular weight is 337 g/mol. The number of rotatable bonds is 4. The van der Waals surface area contributed by atoms with Gasteiger partial charge in [0.25, 0.3) is 5.91 Å². The van der Waals surface area contributed by atoms with Crippen molar-refractivity contribution >= 4 is 22.6 Å². The first-order valence-electron chi connectivity index (χ1n) is 7.87. The SMILES string of the molecule is COC(=O)C(NC(=O)c1cn(C)nc1C)c1ccc2ccccc2c1. The van der Waals surface area contributed by atoms with E-state index in [2.05, 4.69) is 10.4 Å². The lowest BCUT2D eigenvalue weighted by atomic mass is 10.0.